The Morgan fingerprint density at radius 1 is 1.43 bits per heavy atom. The van der Waals surface area contributed by atoms with Gasteiger partial charge in [0.05, 0.1) is 19.0 Å². The summed E-state index contributed by atoms with van der Waals surface area (Å²) in [6, 6.07) is 0. The average molecular weight is 222 g/mol. The Morgan fingerprint density at radius 2 is 2.07 bits per heavy atom. The minimum absolute atomic E-state index is 0.289. The zero-order valence-corrected chi connectivity index (χ0v) is 9.27. The third kappa shape index (κ3) is 5.54. The quantitative estimate of drug-likeness (QED) is 0.604. The molecule has 0 aromatic heterocycles. The number of sulfonamides is 1. The van der Waals surface area contributed by atoms with E-state index in [1.165, 1.54) is 0 Å². The van der Waals surface area contributed by atoms with Crippen LogP contribution >= 0.6 is 0 Å². The molecule has 1 fully saturated rings. The van der Waals surface area contributed by atoms with Crippen LogP contribution in [0.1, 0.15) is 12.8 Å². The normalized spacial score (nSPS) is 19.8. The molecule has 0 spiro atoms. The summed E-state index contributed by atoms with van der Waals surface area (Å²) in [7, 11) is -3.07. The van der Waals surface area contributed by atoms with Crippen LogP contribution in [0, 0.1) is 0 Å². The van der Waals surface area contributed by atoms with Crippen molar-refractivity contribution in [2.75, 3.05) is 32.5 Å². The van der Waals surface area contributed by atoms with Gasteiger partial charge in [-0.1, -0.05) is 0 Å². The van der Waals surface area contributed by atoms with E-state index in [4.69, 9.17) is 4.74 Å². The van der Waals surface area contributed by atoms with E-state index in [9.17, 15) is 8.42 Å². The first-order valence-corrected chi connectivity index (χ1v) is 6.74. The molecule has 6 heteroatoms. The Kier molecular flexibility index (Phi) is 4.80. The third-order valence-corrected chi connectivity index (χ3v) is 2.83. The van der Waals surface area contributed by atoms with Crippen LogP contribution in [0.5, 0.6) is 0 Å². The molecule has 1 saturated heterocycles. The minimum atomic E-state index is -3.07. The predicted molar refractivity (Wildman–Crippen MR) is 54.7 cm³/mol. The molecule has 14 heavy (non-hydrogen) atoms. The molecule has 84 valence electrons. The van der Waals surface area contributed by atoms with Gasteiger partial charge < -0.3 is 10.1 Å². The standard InChI is InChI=1S/C8H18N2O3S/c1-14(11,12)10-6-7-13-8-2-4-9-5-3-8/h8-10H,2-7H2,1H3. The number of piperidine rings is 1. The van der Waals surface area contributed by atoms with E-state index in [2.05, 4.69) is 10.0 Å². The molecule has 5 nitrogen and oxygen atoms in total. The molecule has 0 aromatic rings. The second-order valence-corrected chi connectivity index (χ2v) is 5.32. The second kappa shape index (κ2) is 5.65. The van der Waals surface area contributed by atoms with E-state index in [1.807, 2.05) is 0 Å². The number of ether oxygens (including phenoxy) is 1. The maximum Gasteiger partial charge on any atom is 0.208 e. The highest BCUT2D eigenvalue weighted by Crippen LogP contribution is 2.06. The summed E-state index contributed by atoms with van der Waals surface area (Å²) in [6.07, 6.45) is 3.47. The van der Waals surface area contributed by atoms with Crippen LogP contribution in [0.3, 0.4) is 0 Å². The van der Waals surface area contributed by atoms with Crippen molar-refractivity contribution >= 4 is 10.0 Å². The van der Waals surface area contributed by atoms with Crippen LogP contribution in [0.4, 0.5) is 0 Å². The fraction of sp³-hybridized carbons (Fsp3) is 1.00. The Morgan fingerprint density at radius 3 is 2.64 bits per heavy atom. The summed E-state index contributed by atoms with van der Waals surface area (Å²) in [6.45, 7) is 2.80. The van der Waals surface area contributed by atoms with Gasteiger partial charge in [0.15, 0.2) is 0 Å². The van der Waals surface area contributed by atoms with E-state index >= 15 is 0 Å². The number of nitrogens with one attached hydrogen (secondary N) is 2. The molecule has 0 aromatic carbocycles. The van der Waals surface area contributed by atoms with Gasteiger partial charge in [0.25, 0.3) is 0 Å². The van der Waals surface area contributed by atoms with Crippen molar-refractivity contribution in [2.45, 2.75) is 18.9 Å². The Labute approximate surface area is 85.3 Å². The Bertz CT molecular complexity index is 247. The zero-order chi connectivity index (χ0) is 10.4. The van der Waals surface area contributed by atoms with E-state index in [1.54, 1.807) is 0 Å². The highest BCUT2D eigenvalue weighted by atomic mass is 32.2. The van der Waals surface area contributed by atoms with Gasteiger partial charge in [0, 0.05) is 6.54 Å². The van der Waals surface area contributed by atoms with E-state index in [0.29, 0.717) is 13.2 Å². The monoisotopic (exact) mass is 222 g/mol. The summed E-state index contributed by atoms with van der Waals surface area (Å²) < 4.78 is 29.3. The summed E-state index contributed by atoms with van der Waals surface area (Å²) in [5.74, 6) is 0. The molecule has 1 aliphatic heterocycles. The lowest BCUT2D eigenvalue weighted by Crippen LogP contribution is -2.34. The van der Waals surface area contributed by atoms with E-state index in [-0.39, 0.29) is 6.10 Å². The second-order valence-electron chi connectivity index (χ2n) is 3.49. The Balaban J connectivity index is 2.03. The predicted octanol–water partition coefficient (Wildman–Crippen LogP) is -0.696. The van der Waals surface area contributed by atoms with Crippen LogP contribution in [0.25, 0.3) is 0 Å². The van der Waals surface area contributed by atoms with Crippen molar-refractivity contribution in [3.05, 3.63) is 0 Å². The molecular weight excluding hydrogens is 204 g/mol. The van der Waals surface area contributed by atoms with Crippen LogP contribution in [-0.2, 0) is 14.8 Å². The van der Waals surface area contributed by atoms with Crippen LogP contribution in [0.15, 0.2) is 0 Å². The molecule has 0 radical (unpaired) electrons. The van der Waals surface area contributed by atoms with Gasteiger partial charge >= 0.3 is 0 Å². The number of rotatable bonds is 5. The molecule has 1 aliphatic rings. The van der Waals surface area contributed by atoms with Crippen molar-refractivity contribution in [3.63, 3.8) is 0 Å². The van der Waals surface area contributed by atoms with Gasteiger partial charge in [-0.15, -0.1) is 0 Å². The van der Waals surface area contributed by atoms with Crippen molar-refractivity contribution < 1.29 is 13.2 Å². The van der Waals surface area contributed by atoms with Crippen molar-refractivity contribution in [1.82, 2.24) is 10.0 Å². The molecule has 0 amide bonds. The molecule has 1 heterocycles. The summed E-state index contributed by atoms with van der Waals surface area (Å²) in [5.41, 5.74) is 0. The highest BCUT2D eigenvalue weighted by molar-refractivity contribution is 7.88. The fourth-order valence-electron chi connectivity index (χ4n) is 1.41. The van der Waals surface area contributed by atoms with E-state index in [0.717, 1.165) is 32.2 Å². The maximum atomic E-state index is 10.7. The molecule has 0 saturated carbocycles. The van der Waals surface area contributed by atoms with Crippen molar-refractivity contribution in [3.8, 4) is 0 Å². The molecule has 0 aliphatic carbocycles. The average Bonchev–Trinajstić information content (AvgIpc) is 2.13. The molecule has 0 bridgehead atoms. The van der Waals surface area contributed by atoms with E-state index < -0.39 is 10.0 Å². The minimum Gasteiger partial charge on any atom is -0.377 e. The summed E-state index contributed by atoms with van der Waals surface area (Å²) in [4.78, 5) is 0. The largest absolute Gasteiger partial charge is 0.377 e. The van der Waals surface area contributed by atoms with Gasteiger partial charge in [-0.3, -0.25) is 0 Å². The third-order valence-electron chi connectivity index (χ3n) is 2.11. The molecule has 0 unspecified atom stereocenters. The van der Waals surface area contributed by atoms with Gasteiger partial charge in [0.1, 0.15) is 0 Å². The van der Waals surface area contributed by atoms with Crippen molar-refractivity contribution in [1.29, 1.82) is 0 Å². The highest BCUT2D eigenvalue weighted by Gasteiger charge is 2.12. The first kappa shape index (κ1) is 11.9. The number of hydrogen-bond acceptors (Lipinski definition) is 4. The van der Waals surface area contributed by atoms with Gasteiger partial charge in [-0.05, 0) is 25.9 Å². The van der Waals surface area contributed by atoms with Crippen LogP contribution < -0.4 is 10.0 Å². The maximum absolute atomic E-state index is 10.7. The number of hydrogen-bond donors (Lipinski definition) is 2. The SMILES string of the molecule is CS(=O)(=O)NCCOC1CCNCC1. The topological polar surface area (TPSA) is 67.4 Å². The van der Waals surface area contributed by atoms with Gasteiger partial charge in [0.2, 0.25) is 10.0 Å². The van der Waals surface area contributed by atoms with Crippen LogP contribution in [-0.4, -0.2) is 47.0 Å². The first-order chi connectivity index (χ1) is 6.58. The summed E-state index contributed by atoms with van der Waals surface area (Å²) >= 11 is 0. The Hall–Kier alpha value is -0.170. The van der Waals surface area contributed by atoms with Gasteiger partial charge in [-0.2, -0.15) is 0 Å². The lowest BCUT2D eigenvalue weighted by atomic mass is 10.1. The smallest absolute Gasteiger partial charge is 0.208 e. The first-order valence-electron chi connectivity index (χ1n) is 4.85. The van der Waals surface area contributed by atoms with Crippen LogP contribution in [0.2, 0.25) is 0 Å². The molecule has 0 atom stereocenters. The summed E-state index contributed by atoms with van der Waals surface area (Å²) in [5, 5.41) is 3.24. The van der Waals surface area contributed by atoms with Gasteiger partial charge in [-0.25, -0.2) is 13.1 Å². The molecule has 1 rings (SSSR count). The zero-order valence-electron chi connectivity index (χ0n) is 8.45. The fourth-order valence-corrected chi connectivity index (χ4v) is 1.87. The molecule has 2 N–H and O–H groups in total. The lowest BCUT2D eigenvalue weighted by Gasteiger charge is -2.22. The van der Waals surface area contributed by atoms with Crippen molar-refractivity contribution in [2.24, 2.45) is 0 Å². The molecular formula is C8H18N2O3S. The lowest BCUT2D eigenvalue weighted by molar-refractivity contribution is 0.0367.